The second-order valence-corrected chi connectivity index (χ2v) is 9.10. The number of nitrogens with one attached hydrogen (secondary N) is 2. The summed E-state index contributed by atoms with van der Waals surface area (Å²) < 4.78 is 27.0. The Kier molecular flexibility index (Phi) is 7.95. The molecule has 0 fully saturated rings. The summed E-state index contributed by atoms with van der Waals surface area (Å²) >= 11 is 5.42. The number of sulfonamides is 1. The zero-order valence-electron chi connectivity index (χ0n) is 17.6. The molecule has 29 heavy (non-hydrogen) atoms. The van der Waals surface area contributed by atoms with Crippen LogP contribution in [-0.2, 0) is 16.6 Å². The average Bonchev–Trinajstić information content (AvgIpc) is 2.68. The predicted octanol–water partition coefficient (Wildman–Crippen LogP) is 2.97. The number of nitrogens with zero attached hydrogens (tertiary/aromatic N) is 3. The molecular formula is C20H29N5O2S2. The number of aryl methyl sites for hydroxylation is 1. The molecule has 0 bridgehead atoms. The quantitative estimate of drug-likeness (QED) is 0.617. The number of hydrogen-bond donors (Lipinski definition) is 2. The van der Waals surface area contributed by atoms with Crippen LogP contribution < -0.4 is 15.5 Å². The summed E-state index contributed by atoms with van der Waals surface area (Å²) in [6, 6.07) is 8.91. The van der Waals surface area contributed by atoms with E-state index in [-0.39, 0.29) is 4.90 Å². The Bertz CT molecular complexity index is 957. The van der Waals surface area contributed by atoms with Crippen molar-refractivity contribution in [3.8, 4) is 0 Å². The van der Waals surface area contributed by atoms with Gasteiger partial charge in [-0.1, -0.05) is 26.0 Å². The molecule has 0 saturated heterocycles. The summed E-state index contributed by atoms with van der Waals surface area (Å²) in [6.45, 7) is 6.92. The van der Waals surface area contributed by atoms with E-state index < -0.39 is 10.0 Å². The first-order valence-corrected chi connectivity index (χ1v) is 11.3. The van der Waals surface area contributed by atoms with Crippen LogP contribution in [0.5, 0.6) is 0 Å². The summed E-state index contributed by atoms with van der Waals surface area (Å²) in [5, 5.41) is 6.70. The molecule has 0 unspecified atom stereocenters. The van der Waals surface area contributed by atoms with Crippen molar-refractivity contribution in [1.29, 1.82) is 0 Å². The van der Waals surface area contributed by atoms with E-state index in [1.54, 1.807) is 24.4 Å². The van der Waals surface area contributed by atoms with Gasteiger partial charge in [0.2, 0.25) is 10.0 Å². The maximum absolute atomic E-state index is 12.8. The number of thiocarbonyl (C=S) groups is 1. The van der Waals surface area contributed by atoms with E-state index in [1.807, 2.05) is 51.9 Å². The molecule has 158 valence electrons. The molecule has 0 atom stereocenters. The lowest BCUT2D eigenvalue weighted by atomic mass is 10.2. The standard InChI is InChI=1S/C20H29N5O2S2/c1-6-25(7-2)29(26,27)17-11-10-15(3)18(13-17)23-20(28)22-14-16-9-8-12-21-19(16)24(4)5/h8-13H,6-7,14H2,1-5H3,(H2,22,23,28). The van der Waals surface area contributed by atoms with Gasteiger partial charge in [0, 0.05) is 51.2 Å². The average molecular weight is 436 g/mol. The van der Waals surface area contributed by atoms with Crippen LogP contribution in [0.15, 0.2) is 41.4 Å². The van der Waals surface area contributed by atoms with Crippen molar-refractivity contribution in [2.24, 2.45) is 0 Å². The summed E-state index contributed by atoms with van der Waals surface area (Å²) in [7, 11) is 0.345. The minimum absolute atomic E-state index is 0.249. The molecule has 0 spiro atoms. The second kappa shape index (κ2) is 10.00. The summed E-state index contributed by atoms with van der Waals surface area (Å²) in [5.41, 5.74) is 2.58. The van der Waals surface area contributed by atoms with Crippen molar-refractivity contribution in [3.05, 3.63) is 47.7 Å². The van der Waals surface area contributed by atoms with Crippen LogP contribution in [0.3, 0.4) is 0 Å². The fourth-order valence-corrected chi connectivity index (χ4v) is 4.59. The Morgan fingerprint density at radius 2 is 1.86 bits per heavy atom. The SMILES string of the molecule is CCN(CC)S(=O)(=O)c1ccc(C)c(NC(=S)NCc2cccnc2N(C)C)c1. The van der Waals surface area contributed by atoms with E-state index in [9.17, 15) is 8.42 Å². The predicted molar refractivity (Wildman–Crippen MR) is 123 cm³/mol. The van der Waals surface area contributed by atoms with Gasteiger partial charge in [-0.25, -0.2) is 13.4 Å². The smallest absolute Gasteiger partial charge is 0.243 e. The maximum atomic E-state index is 12.8. The van der Waals surface area contributed by atoms with Crippen LogP contribution in [0.2, 0.25) is 0 Å². The highest BCUT2D eigenvalue weighted by molar-refractivity contribution is 7.89. The molecule has 0 aliphatic carbocycles. The number of anilines is 2. The van der Waals surface area contributed by atoms with E-state index >= 15 is 0 Å². The zero-order chi connectivity index (χ0) is 21.6. The van der Waals surface area contributed by atoms with Crippen molar-refractivity contribution < 1.29 is 8.42 Å². The van der Waals surface area contributed by atoms with E-state index in [1.165, 1.54) is 4.31 Å². The molecule has 0 saturated carbocycles. The highest BCUT2D eigenvalue weighted by atomic mass is 32.2. The van der Waals surface area contributed by atoms with Gasteiger partial charge in [0.1, 0.15) is 5.82 Å². The lowest BCUT2D eigenvalue weighted by Crippen LogP contribution is -2.31. The summed E-state index contributed by atoms with van der Waals surface area (Å²) in [4.78, 5) is 6.57. The van der Waals surface area contributed by atoms with Crippen molar-refractivity contribution >= 4 is 38.9 Å². The molecule has 0 amide bonds. The molecule has 2 rings (SSSR count). The summed E-state index contributed by atoms with van der Waals surface area (Å²) in [5.74, 6) is 0.867. The van der Waals surface area contributed by atoms with Gasteiger partial charge >= 0.3 is 0 Å². The number of pyridine rings is 1. The van der Waals surface area contributed by atoms with Gasteiger partial charge in [0.25, 0.3) is 0 Å². The fourth-order valence-electron chi connectivity index (χ4n) is 2.92. The van der Waals surface area contributed by atoms with Crippen molar-refractivity contribution in [1.82, 2.24) is 14.6 Å². The molecule has 7 nitrogen and oxygen atoms in total. The third-order valence-electron chi connectivity index (χ3n) is 4.53. The second-order valence-electron chi connectivity index (χ2n) is 6.75. The third kappa shape index (κ3) is 5.65. The summed E-state index contributed by atoms with van der Waals surface area (Å²) in [6.07, 6.45) is 1.75. The van der Waals surface area contributed by atoms with E-state index in [4.69, 9.17) is 12.2 Å². The highest BCUT2D eigenvalue weighted by Crippen LogP contribution is 2.23. The van der Waals surface area contributed by atoms with Crippen molar-refractivity contribution in [2.45, 2.75) is 32.2 Å². The van der Waals surface area contributed by atoms with Crippen LogP contribution in [0.25, 0.3) is 0 Å². The molecular weight excluding hydrogens is 406 g/mol. The van der Waals surface area contributed by atoms with Gasteiger partial charge in [-0.3, -0.25) is 0 Å². The van der Waals surface area contributed by atoms with Gasteiger partial charge in [-0.2, -0.15) is 4.31 Å². The monoisotopic (exact) mass is 435 g/mol. The third-order valence-corrected chi connectivity index (χ3v) is 6.82. The first-order valence-electron chi connectivity index (χ1n) is 9.47. The number of hydrogen-bond acceptors (Lipinski definition) is 5. The number of rotatable bonds is 8. The van der Waals surface area contributed by atoms with Gasteiger partial charge in [0.05, 0.1) is 4.90 Å². The fraction of sp³-hybridized carbons (Fsp3) is 0.400. The Hall–Kier alpha value is -2.23. The lowest BCUT2D eigenvalue weighted by molar-refractivity contribution is 0.445. The van der Waals surface area contributed by atoms with E-state index in [2.05, 4.69) is 15.6 Å². The maximum Gasteiger partial charge on any atom is 0.243 e. The number of aromatic nitrogens is 1. The molecule has 0 aliphatic rings. The highest BCUT2D eigenvalue weighted by Gasteiger charge is 2.22. The van der Waals surface area contributed by atoms with Gasteiger partial charge in [-0.05, 0) is 42.9 Å². The largest absolute Gasteiger partial charge is 0.362 e. The van der Waals surface area contributed by atoms with Crippen LogP contribution in [0.4, 0.5) is 11.5 Å². The lowest BCUT2D eigenvalue weighted by Gasteiger charge is -2.20. The van der Waals surface area contributed by atoms with Crippen LogP contribution >= 0.6 is 12.2 Å². The first kappa shape index (κ1) is 23.1. The normalized spacial score (nSPS) is 11.4. The topological polar surface area (TPSA) is 77.6 Å². The molecule has 1 heterocycles. The van der Waals surface area contributed by atoms with Crippen molar-refractivity contribution in [3.63, 3.8) is 0 Å². The molecule has 0 radical (unpaired) electrons. The molecule has 1 aromatic heterocycles. The molecule has 2 aromatic rings. The number of benzene rings is 1. The van der Waals surface area contributed by atoms with Crippen LogP contribution in [0, 0.1) is 6.92 Å². The Morgan fingerprint density at radius 3 is 2.48 bits per heavy atom. The van der Waals surface area contributed by atoms with E-state index in [0.717, 1.165) is 16.9 Å². The van der Waals surface area contributed by atoms with Crippen LogP contribution in [0.1, 0.15) is 25.0 Å². The van der Waals surface area contributed by atoms with Crippen molar-refractivity contribution in [2.75, 3.05) is 37.4 Å². The van der Waals surface area contributed by atoms with Crippen LogP contribution in [-0.4, -0.2) is 50.0 Å². The van der Waals surface area contributed by atoms with E-state index in [0.29, 0.717) is 30.4 Å². The molecule has 1 aromatic carbocycles. The molecule has 9 heteroatoms. The first-order chi connectivity index (χ1) is 13.7. The molecule has 2 N–H and O–H groups in total. The Balaban J connectivity index is 2.15. The zero-order valence-corrected chi connectivity index (χ0v) is 19.2. The van der Waals surface area contributed by atoms with Gasteiger partial charge in [0.15, 0.2) is 5.11 Å². The minimum Gasteiger partial charge on any atom is -0.362 e. The van der Waals surface area contributed by atoms with Gasteiger partial charge < -0.3 is 15.5 Å². The minimum atomic E-state index is -3.53. The Labute approximate surface area is 179 Å². The Morgan fingerprint density at radius 1 is 1.17 bits per heavy atom. The molecule has 0 aliphatic heterocycles. The van der Waals surface area contributed by atoms with Gasteiger partial charge in [-0.15, -0.1) is 0 Å².